The fraction of sp³-hybridized carbons (Fsp3) is 0.257. The number of nitrogens with one attached hydrogen (secondary N) is 2. The zero-order chi connectivity index (χ0) is 34.8. The highest BCUT2D eigenvalue weighted by Gasteiger charge is 2.57. The maximum Gasteiger partial charge on any atom is 0.270 e. The van der Waals surface area contributed by atoms with Crippen molar-refractivity contribution in [2.45, 2.75) is 55.6 Å². The van der Waals surface area contributed by atoms with Crippen molar-refractivity contribution in [1.82, 2.24) is 39.9 Å². The largest absolute Gasteiger partial charge is 0.343 e. The Morgan fingerprint density at radius 1 is 0.940 bits per heavy atom. The van der Waals surface area contributed by atoms with Gasteiger partial charge in [0.1, 0.15) is 29.4 Å². The first kappa shape index (κ1) is 31.7. The summed E-state index contributed by atoms with van der Waals surface area (Å²) in [5.41, 5.74) is 0.172. The number of imidazole rings is 1. The summed E-state index contributed by atoms with van der Waals surface area (Å²) in [6, 6.07) is 17.5. The Bertz CT molecular complexity index is 2200. The van der Waals surface area contributed by atoms with Crippen LogP contribution >= 0.6 is 23.2 Å². The van der Waals surface area contributed by atoms with E-state index in [1.807, 2.05) is 12.1 Å². The van der Waals surface area contributed by atoms with Gasteiger partial charge >= 0.3 is 0 Å². The lowest BCUT2D eigenvalue weighted by atomic mass is 9.91. The molecule has 3 aliphatic rings. The summed E-state index contributed by atoms with van der Waals surface area (Å²) in [6.07, 6.45) is 8.63. The first-order valence-corrected chi connectivity index (χ1v) is 16.6. The zero-order valence-corrected chi connectivity index (χ0v) is 28.1. The third-order valence-corrected chi connectivity index (χ3v) is 10.1. The molecule has 50 heavy (non-hydrogen) atoms. The van der Waals surface area contributed by atoms with Crippen molar-refractivity contribution < 1.29 is 14.4 Å². The molecule has 15 heteroatoms. The Hall–Kier alpha value is -5.58. The second-order valence-electron chi connectivity index (χ2n) is 13.1. The van der Waals surface area contributed by atoms with Crippen molar-refractivity contribution in [3.63, 3.8) is 0 Å². The predicted molar refractivity (Wildman–Crippen MR) is 182 cm³/mol. The van der Waals surface area contributed by atoms with Crippen molar-refractivity contribution in [2.24, 2.45) is 0 Å². The maximum atomic E-state index is 14.4. The monoisotopic (exact) mass is 706 g/mol. The second-order valence-corrected chi connectivity index (χ2v) is 14.0. The second kappa shape index (κ2) is 11.5. The van der Waals surface area contributed by atoms with Crippen LogP contribution in [0.15, 0.2) is 79.6 Å². The number of rotatable bonds is 9. The molecule has 0 unspecified atom stereocenters. The van der Waals surface area contributed by atoms with E-state index in [0.29, 0.717) is 47.0 Å². The summed E-state index contributed by atoms with van der Waals surface area (Å²) in [6.45, 7) is 1.74. The van der Waals surface area contributed by atoms with E-state index >= 15 is 0 Å². The molecule has 5 aromatic rings. The smallest absolute Gasteiger partial charge is 0.270 e. The molecule has 2 aliphatic carbocycles. The van der Waals surface area contributed by atoms with E-state index in [-0.39, 0.29) is 29.9 Å². The number of halogens is 2. The van der Waals surface area contributed by atoms with Gasteiger partial charge in [0, 0.05) is 16.5 Å². The molecule has 2 saturated carbocycles. The van der Waals surface area contributed by atoms with Crippen LogP contribution in [0.3, 0.4) is 0 Å². The number of nitriles is 1. The lowest BCUT2D eigenvalue weighted by Gasteiger charge is -2.27. The number of benzene rings is 2. The molecule has 13 nitrogen and oxygen atoms in total. The molecule has 2 N–H and O–H groups in total. The van der Waals surface area contributed by atoms with Crippen LogP contribution in [0, 0.1) is 11.3 Å². The predicted octanol–water partition coefficient (Wildman–Crippen LogP) is 4.74. The number of hydrogen-bond donors (Lipinski definition) is 2. The molecule has 8 rings (SSSR count). The summed E-state index contributed by atoms with van der Waals surface area (Å²) in [5, 5.41) is 20.2. The quantitative estimate of drug-likeness (QED) is 0.222. The fourth-order valence-corrected chi connectivity index (χ4v) is 7.11. The van der Waals surface area contributed by atoms with E-state index in [1.54, 1.807) is 71.2 Å². The van der Waals surface area contributed by atoms with Gasteiger partial charge in [-0.05, 0) is 80.6 Å². The van der Waals surface area contributed by atoms with E-state index in [0.717, 1.165) is 16.9 Å². The van der Waals surface area contributed by atoms with Gasteiger partial charge in [0.05, 0.1) is 46.6 Å². The van der Waals surface area contributed by atoms with Gasteiger partial charge < -0.3 is 10.6 Å². The molecule has 1 atom stereocenters. The van der Waals surface area contributed by atoms with Crippen LogP contribution in [-0.2, 0) is 27.1 Å². The lowest BCUT2D eigenvalue weighted by molar-refractivity contribution is -0.125. The highest BCUT2D eigenvalue weighted by atomic mass is 35.5. The molecular formula is C35H28Cl2N10O3. The van der Waals surface area contributed by atoms with E-state index in [4.69, 9.17) is 23.2 Å². The Balaban J connectivity index is 1.08. The number of hydrogen-bond acceptors (Lipinski definition) is 8. The van der Waals surface area contributed by atoms with Gasteiger partial charge in [0.15, 0.2) is 0 Å². The average Bonchev–Trinajstić information content (AvgIpc) is 3.90. The zero-order valence-electron chi connectivity index (χ0n) is 26.6. The van der Waals surface area contributed by atoms with Crippen LogP contribution in [0.2, 0.25) is 10.0 Å². The van der Waals surface area contributed by atoms with Gasteiger partial charge in [-0.3, -0.25) is 23.9 Å². The van der Waals surface area contributed by atoms with Gasteiger partial charge in [-0.25, -0.2) is 19.5 Å². The van der Waals surface area contributed by atoms with E-state index < -0.39 is 22.5 Å². The summed E-state index contributed by atoms with van der Waals surface area (Å²) in [7, 11) is 0. The highest BCUT2D eigenvalue weighted by Crippen LogP contribution is 2.47. The Kier molecular flexibility index (Phi) is 7.29. The van der Waals surface area contributed by atoms with Crippen LogP contribution in [0.1, 0.15) is 59.9 Å². The third kappa shape index (κ3) is 5.28. The van der Waals surface area contributed by atoms with Crippen LogP contribution in [-0.4, -0.2) is 52.6 Å². The van der Waals surface area contributed by atoms with Gasteiger partial charge in [-0.1, -0.05) is 35.3 Å². The number of amides is 3. The first-order valence-electron chi connectivity index (χ1n) is 15.9. The molecule has 0 bridgehead atoms. The van der Waals surface area contributed by atoms with Gasteiger partial charge in [-0.15, -0.1) is 0 Å². The number of carbonyl (C=O) groups is 3. The average molecular weight is 708 g/mol. The number of carbonyl (C=O) groups excluding carboxylic acids is 3. The van der Waals surface area contributed by atoms with Crippen LogP contribution < -0.4 is 15.5 Å². The van der Waals surface area contributed by atoms with Gasteiger partial charge in [-0.2, -0.15) is 10.4 Å². The van der Waals surface area contributed by atoms with Crippen LogP contribution in [0.25, 0.3) is 5.69 Å². The molecular weight excluding hydrogens is 679 g/mol. The number of fused-ring (bicyclic) bond motifs is 1. The number of anilines is 2. The minimum atomic E-state index is -1.32. The molecule has 2 aromatic carbocycles. The molecule has 3 aromatic heterocycles. The highest BCUT2D eigenvalue weighted by molar-refractivity contribution is 6.35. The summed E-state index contributed by atoms with van der Waals surface area (Å²) >= 11 is 12.7. The molecule has 0 radical (unpaired) electrons. The molecule has 1 aliphatic heterocycles. The minimum absolute atomic E-state index is 0.116. The van der Waals surface area contributed by atoms with E-state index in [1.165, 1.54) is 17.4 Å². The fourth-order valence-electron chi connectivity index (χ4n) is 6.59. The Labute approximate surface area is 295 Å². The topological polar surface area (TPSA) is 164 Å². The third-order valence-electron chi connectivity index (χ3n) is 9.63. The molecule has 4 heterocycles. The number of nitrogens with zero attached hydrogens (tertiary/aromatic N) is 8. The van der Waals surface area contributed by atoms with Crippen molar-refractivity contribution in [3.8, 4) is 11.8 Å². The molecule has 3 amide bonds. The van der Waals surface area contributed by atoms with Crippen LogP contribution in [0.4, 0.5) is 11.6 Å². The summed E-state index contributed by atoms with van der Waals surface area (Å²) in [5.74, 6) is -0.977. The summed E-state index contributed by atoms with van der Waals surface area (Å²) in [4.78, 5) is 56.8. The van der Waals surface area contributed by atoms with Crippen molar-refractivity contribution >= 4 is 52.6 Å². The van der Waals surface area contributed by atoms with Gasteiger partial charge in [0.2, 0.25) is 11.9 Å². The standard InChI is InChI=1S/C35H28Cl2N10O3/c1-33(15-21-2-4-22(16-38)5-3-21)31(50)46(26-13-23(36)12-24(37)14-26)32-41-18-27(47(32)33)29(48)43-35(10-11-35)30(49)44-34(8-9-34)28-7-6-25(17-40-28)45-20-39-19-42-45/h2-7,12-14,17-20H,8-11,15H2,1H3,(H,43,48)(H,44,49)/t33-/m1/s1. The normalized spacial score (nSPS) is 19.4. The molecule has 2 fully saturated rings. The Morgan fingerprint density at radius 3 is 2.28 bits per heavy atom. The van der Waals surface area contributed by atoms with Gasteiger partial charge in [0.25, 0.3) is 11.8 Å². The van der Waals surface area contributed by atoms with Crippen molar-refractivity contribution in [3.05, 3.63) is 112 Å². The molecule has 0 saturated heterocycles. The lowest BCUT2D eigenvalue weighted by Crippen LogP contribution is -2.52. The Morgan fingerprint density at radius 2 is 1.68 bits per heavy atom. The van der Waals surface area contributed by atoms with Crippen LogP contribution in [0.5, 0.6) is 0 Å². The van der Waals surface area contributed by atoms with Crippen molar-refractivity contribution in [1.29, 1.82) is 5.26 Å². The summed E-state index contributed by atoms with van der Waals surface area (Å²) < 4.78 is 3.21. The number of pyridine rings is 1. The van der Waals surface area contributed by atoms with E-state index in [9.17, 15) is 19.6 Å². The first-order chi connectivity index (χ1) is 24.0. The number of aromatic nitrogens is 6. The van der Waals surface area contributed by atoms with E-state index in [2.05, 4.69) is 36.8 Å². The minimum Gasteiger partial charge on any atom is -0.343 e. The molecule has 250 valence electrons. The van der Waals surface area contributed by atoms with Crippen molar-refractivity contribution in [2.75, 3.05) is 4.90 Å². The molecule has 0 spiro atoms. The maximum absolute atomic E-state index is 14.4. The SMILES string of the molecule is C[C@@]1(Cc2ccc(C#N)cc2)C(=O)N(c2cc(Cl)cc(Cl)c2)c2ncc(C(=O)NC3(C(=O)NC4(c5ccc(-n6cncn6)cn5)CC4)CC3)n21.